The monoisotopic (exact) mass is 323 g/mol. The van der Waals surface area contributed by atoms with Gasteiger partial charge in [0, 0.05) is 21.7 Å². The van der Waals surface area contributed by atoms with Crippen LogP contribution in [0.4, 0.5) is 0 Å². The third-order valence-electron chi connectivity index (χ3n) is 2.22. The number of carbonyl (C=O) groups is 1. The molecule has 1 N–H and O–H groups in total. The first-order valence-corrected chi connectivity index (χ1v) is 6.82. The molecule has 0 saturated heterocycles. The van der Waals surface area contributed by atoms with Gasteiger partial charge in [0.15, 0.2) is 0 Å². The normalized spacial score (nSPS) is 10.8. The minimum atomic E-state index is -0.283. The van der Waals surface area contributed by atoms with E-state index in [9.17, 15) is 4.79 Å². The lowest BCUT2D eigenvalue weighted by Gasteiger charge is -1.99. The van der Waals surface area contributed by atoms with E-state index in [0.29, 0.717) is 5.56 Å². The molecule has 2 heterocycles. The van der Waals surface area contributed by atoms with Crippen molar-refractivity contribution in [3.63, 3.8) is 0 Å². The predicted octanol–water partition coefficient (Wildman–Crippen LogP) is 2.98. The molecule has 0 fully saturated rings. The van der Waals surface area contributed by atoms with Crippen molar-refractivity contribution in [2.24, 2.45) is 5.10 Å². The number of aromatic nitrogens is 1. The topological polar surface area (TPSA) is 54.4 Å². The number of aryl methyl sites for hydroxylation is 1. The van der Waals surface area contributed by atoms with Crippen LogP contribution in [0.5, 0.6) is 0 Å². The molecule has 2 rings (SSSR count). The van der Waals surface area contributed by atoms with E-state index in [0.717, 1.165) is 14.9 Å². The van der Waals surface area contributed by atoms with Crippen LogP contribution in [-0.4, -0.2) is 17.1 Å². The Kier molecular flexibility index (Phi) is 4.22. The quantitative estimate of drug-likeness (QED) is 0.697. The summed E-state index contributed by atoms with van der Waals surface area (Å²) in [6.45, 7) is 2.00. The number of halogens is 1. The highest BCUT2D eigenvalue weighted by Crippen LogP contribution is 2.12. The van der Waals surface area contributed by atoms with Crippen molar-refractivity contribution in [2.75, 3.05) is 0 Å². The van der Waals surface area contributed by atoms with Gasteiger partial charge in [-0.1, -0.05) is 0 Å². The van der Waals surface area contributed by atoms with E-state index in [1.165, 1.54) is 6.20 Å². The molecule has 0 aromatic carbocycles. The van der Waals surface area contributed by atoms with Gasteiger partial charge in [-0.15, -0.1) is 11.3 Å². The Balaban J connectivity index is 2.01. The molecule has 6 heteroatoms. The fraction of sp³-hybridized carbons (Fsp3) is 0.0833. The first-order valence-electron chi connectivity index (χ1n) is 5.15. The molecule has 4 nitrogen and oxygen atoms in total. The maximum absolute atomic E-state index is 11.7. The number of hydrogen-bond donors (Lipinski definition) is 1. The second-order valence-corrected chi connectivity index (χ2v) is 5.42. The molecule has 0 aliphatic rings. The van der Waals surface area contributed by atoms with Crippen molar-refractivity contribution in [1.82, 2.24) is 10.4 Å². The van der Waals surface area contributed by atoms with Gasteiger partial charge in [-0.3, -0.25) is 9.78 Å². The molecule has 0 unspecified atom stereocenters. The first kappa shape index (κ1) is 12.9. The molecule has 0 atom stereocenters. The van der Waals surface area contributed by atoms with Crippen LogP contribution in [0, 0.1) is 6.92 Å². The standard InChI is InChI=1S/C12H10BrN3OS/c1-8-2-3-18-11(8)7-15-16-12(17)9-4-10(13)6-14-5-9/h2-7H,1H3,(H,16,17). The van der Waals surface area contributed by atoms with Crippen molar-refractivity contribution in [2.45, 2.75) is 6.92 Å². The molecule has 18 heavy (non-hydrogen) atoms. The van der Waals surface area contributed by atoms with Crippen LogP contribution in [-0.2, 0) is 0 Å². The summed E-state index contributed by atoms with van der Waals surface area (Å²) in [6.07, 6.45) is 4.75. The molecule has 2 aromatic rings. The summed E-state index contributed by atoms with van der Waals surface area (Å²) in [5, 5.41) is 5.91. The highest BCUT2D eigenvalue weighted by atomic mass is 79.9. The zero-order chi connectivity index (χ0) is 13.0. The van der Waals surface area contributed by atoms with Gasteiger partial charge in [0.25, 0.3) is 5.91 Å². The van der Waals surface area contributed by atoms with E-state index in [1.807, 2.05) is 18.4 Å². The van der Waals surface area contributed by atoms with Gasteiger partial charge in [0.1, 0.15) is 0 Å². The number of pyridine rings is 1. The number of nitrogens with one attached hydrogen (secondary N) is 1. The molecule has 0 radical (unpaired) electrons. The van der Waals surface area contributed by atoms with Gasteiger partial charge in [-0.25, -0.2) is 5.43 Å². The fourth-order valence-electron chi connectivity index (χ4n) is 1.27. The zero-order valence-electron chi connectivity index (χ0n) is 9.55. The third-order valence-corrected chi connectivity index (χ3v) is 3.60. The second kappa shape index (κ2) is 5.88. The van der Waals surface area contributed by atoms with E-state index in [1.54, 1.807) is 29.8 Å². The minimum Gasteiger partial charge on any atom is -0.267 e. The molecule has 0 aliphatic carbocycles. The Morgan fingerprint density at radius 1 is 1.56 bits per heavy atom. The molecule has 92 valence electrons. The van der Waals surface area contributed by atoms with Crippen LogP contribution in [0.3, 0.4) is 0 Å². The first-order chi connectivity index (χ1) is 8.66. The van der Waals surface area contributed by atoms with Crippen LogP contribution >= 0.6 is 27.3 Å². The summed E-state index contributed by atoms with van der Waals surface area (Å²) in [4.78, 5) is 16.7. The third kappa shape index (κ3) is 3.24. The van der Waals surface area contributed by atoms with E-state index in [2.05, 4.69) is 31.4 Å². The van der Waals surface area contributed by atoms with Crippen LogP contribution in [0.15, 0.2) is 39.5 Å². The number of hydrogen-bond acceptors (Lipinski definition) is 4. The summed E-state index contributed by atoms with van der Waals surface area (Å²) in [5.41, 5.74) is 4.07. The SMILES string of the molecule is Cc1ccsc1C=NNC(=O)c1cncc(Br)c1. The average Bonchev–Trinajstić information content (AvgIpc) is 2.75. The van der Waals surface area contributed by atoms with Crippen LogP contribution in [0.25, 0.3) is 0 Å². The molecule has 2 aromatic heterocycles. The van der Waals surface area contributed by atoms with Gasteiger partial charge in [-0.05, 0) is 45.9 Å². The molecule has 0 aliphatic heterocycles. The second-order valence-electron chi connectivity index (χ2n) is 3.56. The van der Waals surface area contributed by atoms with Gasteiger partial charge >= 0.3 is 0 Å². The number of rotatable bonds is 3. The Morgan fingerprint density at radius 2 is 2.39 bits per heavy atom. The number of thiophene rings is 1. The Bertz CT molecular complexity index is 595. The largest absolute Gasteiger partial charge is 0.272 e. The van der Waals surface area contributed by atoms with E-state index in [4.69, 9.17) is 0 Å². The highest BCUT2D eigenvalue weighted by Gasteiger charge is 2.04. The Labute approximate surface area is 117 Å². The lowest BCUT2D eigenvalue weighted by atomic mass is 10.3. The Morgan fingerprint density at radius 3 is 3.06 bits per heavy atom. The summed E-state index contributed by atoms with van der Waals surface area (Å²) < 4.78 is 0.758. The summed E-state index contributed by atoms with van der Waals surface area (Å²) in [7, 11) is 0. The van der Waals surface area contributed by atoms with Gasteiger partial charge in [-0.2, -0.15) is 5.10 Å². The summed E-state index contributed by atoms with van der Waals surface area (Å²) in [6, 6.07) is 3.69. The molecular formula is C12H10BrN3OS. The van der Waals surface area contributed by atoms with Crippen molar-refractivity contribution in [1.29, 1.82) is 0 Å². The van der Waals surface area contributed by atoms with E-state index < -0.39 is 0 Å². The number of nitrogens with zero attached hydrogens (tertiary/aromatic N) is 2. The van der Waals surface area contributed by atoms with Crippen molar-refractivity contribution < 1.29 is 4.79 Å². The molecule has 0 spiro atoms. The minimum absolute atomic E-state index is 0.283. The van der Waals surface area contributed by atoms with Crippen LogP contribution < -0.4 is 5.43 Å². The van der Waals surface area contributed by atoms with Crippen molar-refractivity contribution in [3.8, 4) is 0 Å². The Hall–Kier alpha value is -1.53. The van der Waals surface area contributed by atoms with Crippen LogP contribution in [0.1, 0.15) is 20.8 Å². The van der Waals surface area contributed by atoms with Gasteiger partial charge in [0.2, 0.25) is 0 Å². The summed E-state index contributed by atoms with van der Waals surface area (Å²) >= 11 is 4.84. The lowest BCUT2D eigenvalue weighted by molar-refractivity contribution is 0.0954. The molecule has 0 bridgehead atoms. The van der Waals surface area contributed by atoms with E-state index >= 15 is 0 Å². The molecular weight excluding hydrogens is 314 g/mol. The smallest absolute Gasteiger partial charge is 0.267 e. The van der Waals surface area contributed by atoms with Crippen molar-refractivity contribution >= 4 is 39.4 Å². The highest BCUT2D eigenvalue weighted by molar-refractivity contribution is 9.10. The fourth-order valence-corrected chi connectivity index (χ4v) is 2.42. The number of hydrazone groups is 1. The van der Waals surface area contributed by atoms with Crippen LogP contribution in [0.2, 0.25) is 0 Å². The van der Waals surface area contributed by atoms with E-state index in [-0.39, 0.29) is 5.91 Å². The number of amides is 1. The van der Waals surface area contributed by atoms with Gasteiger partial charge < -0.3 is 0 Å². The molecule has 1 amide bonds. The van der Waals surface area contributed by atoms with Gasteiger partial charge in [0.05, 0.1) is 11.8 Å². The maximum atomic E-state index is 11.7. The molecule has 0 saturated carbocycles. The number of carbonyl (C=O) groups excluding carboxylic acids is 1. The predicted molar refractivity (Wildman–Crippen MR) is 76.1 cm³/mol. The van der Waals surface area contributed by atoms with Crippen molar-refractivity contribution in [3.05, 3.63) is 50.4 Å². The zero-order valence-corrected chi connectivity index (χ0v) is 12.0. The lowest BCUT2D eigenvalue weighted by Crippen LogP contribution is -2.17. The summed E-state index contributed by atoms with van der Waals surface area (Å²) in [5.74, 6) is -0.283. The average molecular weight is 324 g/mol. The maximum Gasteiger partial charge on any atom is 0.272 e.